The molecular weight excluding hydrogens is 267 g/mol. The predicted octanol–water partition coefficient (Wildman–Crippen LogP) is 3.58. The van der Waals surface area contributed by atoms with Gasteiger partial charge in [-0.3, -0.25) is 0 Å². The Balaban J connectivity index is 2.17. The van der Waals surface area contributed by atoms with E-state index in [1.165, 1.54) is 0 Å². The van der Waals surface area contributed by atoms with E-state index in [0.717, 1.165) is 16.5 Å². The molecule has 1 aromatic carbocycles. The monoisotopic (exact) mass is 275 g/mol. The minimum atomic E-state index is -1.93. The van der Waals surface area contributed by atoms with Crippen LogP contribution in [0.5, 0.6) is 0 Å². The maximum Gasteiger partial charge on any atom is 0.698 e. The molecule has 1 heterocycles. The van der Waals surface area contributed by atoms with Crippen molar-refractivity contribution in [3.8, 4) is 0 Å². The third-order valence-electron chi connectivity index (χ3n) is 2.01. The highest BCUT2D eigenvalue weighted by Gasteiger charge is 2.34. The first-order valence-corrected chi connectivity index (χ1v) is 6.17. The fraction of sp³-hybridized carbons (Fsp3) is 0.333. The number of rotatable bonds is 1. The number of hydrogen-bond acceptors (Lipinski definition) is 3. The highest BCUT2D eigenvalue weighted by Crippen LogP contribution is 2.40. The molecule has 2 atom stereocenters. The summed E-state index contributed by atoms with van der Waals surface area (Å²) in [4.78, 5) is 0. The Hall–Kier alpha value is -0.280. The Bertz CT molecular complexity index is 356. The quantitative estimate of drug-likeness (QED) is 0.735. The van der Waals surface area contributed by atoms with Crippen molar-refractivity contribution in [1.29, 1.82) is 0 Å². The number of halogens is 1. The second-order valence-corrected chi connectivity index (χ2v) is 4.83. The van der Waals surface area contributed by atoms with Gasteiger partial charge in [-0.05, 0) is 17.7 Å². The van der Waals surface area contributed by atoms with Crippen LogP contribution in [0, 0.1) is 0 Å². The van der Waals surface area contributed by atoms with Crippen LogP contribution in [0.4, 0.5) is 0 Å². The zero-order valence-electron chi connectivity index (χ0n) is 7.35. The molecular formula is C9H9BrO3P+. The van der Waals surface area contributed by atoms with Gasteiger partial charge in [0, 0.05) is 15.5 Å². The van der Waals surface area contributed by atoms with E-state index in [1.54, 1.807) is 0 Å². The van der Waals surface area contributed by atoms with Gasteiger partial charge in [-0.15, -0.1) is 9.05 Å². The van der Waals surface area contributed by atoms with Crippen molar-refractivity contribution in [3.63, 3.8) is 0 Å². The summed E-state index contributed by atoms with van der Waals surface area (Å²) < 4.78 is 22.1. The predicted molar refractivity (Wildman–Crippen MR) is 56.1 cm³/mol. The van der Waals surface area contributed by atoms with Crippen LogP contribution in [0.25, 0.3) is 0 Å². The van der Waals surface area contributed by atoms with Gasteiger partial charge >= 0.3 is 8.25 Å². The van der Waals surface area contributed by atoms with Gasteiger partial charge < -0.3 is 0 Å². The topological polar surface area (TPSA) is 35.5 Å². The lowest BCUT2D eigenvalue weighted by atomic mass is 10.1. The summed E-state index contributed by atoms with van der Waals surface area (Å²) in [6, 6.07) is 7.82. The van der Waals surface area contributed by atoms with Gasteiger partial charge in [-0.1, -0.05) is 28.1 Å². The molecule has 0 spiro atoms. The summed E-state index contributed by atoms with van der Waals surface area (Å²) >= 11 is 3.38. The largest absolute Gasteiger partial charge is 0.698 e. The molecule has 0 aromatic heterocycles. The molecule has 0 amide bonds. The molecule has 1 aliphatic heterocycles. The minimum Gasteiger partial charge on any atom is -0.119 e. The van der Waals surface area contributed by atoms with Crippen LogP contribution < -0.4 is 0 Å². The molecule has 3 nitrogen and oxygen atoms in total. The van der Waals surface area contributed by atoms with Gasteiger partial charge in [-0.2, -0.15) is 0 Å². The first-order chi connectivity index (χ1) is 6.75. The standard InChI is InChI=1S/C9H9BrO3P/c10-8-3-1-2-7(6-8)9-4-5-12-14(11)13-9/h1-3,6,9H,4-5H2/q+1. The third kappa shape index (κ3) is 2.39. The molecule has 2 rings (SSSR count). The molecule has 1 aromatic rings. The maximum atomic E-state index is 11.0. The first kappa shape index (κ1) is 10.2. The van der Waals surface area contributed by atoms with E-state index in [1.807, 2.05) is 24.3 Å². The normalized spacial score (nSPS) is 24.9. The van der Waals surface area contributed by atoms with E-state index in [9.17, 15) is 4.57 Å². The van der Waals surface area contributed by atoms with Crippen molar-refractivity contribution in [3.05, 3.63) is 34.3 Å². The van der Waals surface area contributed by atoms with Crippen molar-refractivity contribution < 1.29 is 13.6 Å². The van der Waals surface area contributed by atoms with Crippen molar-refractivity contribution in [2.75, 3.05) is 6.61 Å². The lowest BCUT2D eigenvalue weighted by molar-refractivity contribution is 0.0968. The SMILES string of the molecule is O=[P+]1OCCC(c2cccc(Br)c2)O1. The van der Waals surface area contributed by atoms with Crippen molar-refractivity contribution in [2.24, 2.45) is 0 Å². The summed E-state index contributed by atoms with van der Waals surface area (Å²) in [5, 5.41) is 0. The molecule has 2 unspecified atom stereocenters. The average molecular weight is 276 g/mol. The average Bonchev–Trinajstić information content (AvgIpc) is 2.18. The van der Waals surface area contributed by atoms with Gasteiger partial charge in [0.05, 0.1) is 0 Å². The lowest BCUT2D eigenvalue weighted by Gasteiger charge is -2.13. The van der Waals surface area contributed by atoms with E-state index < -0.39 is 8.25 Å². The van der Waals surface area contributed by atoms with Crippen LogP contribution in [0.15, 0.2) is 28.7 Å². The highest BCUT2D eigenvalue weighted by atomic mass is 79.9. The van der Waals surface area contributed by atoms with E-state index in [0.29, 0.717) is 6.61 Å². The van der Waals surface area contributed by atoms with E-state index >= 15 is 0 Å². The smallest absolute Gasteiger partial charge is 0.119 e. The molecule has 0 bridgehead atoms. The van der Waals surface area contributed by atoms with Crippen LogP contribution in [0.2, 0.25) is 0 Å². The molecule has 1 saturated heterocycles. The summed E-state index contributed by atoms with van der Waals surface area (Å²) in [5.41, 5.74) is 1.03. The van der Waals surface area contributed by atoms with Crippen LogP contribution in [-0.2, 0) is 13.6 Å². The molecule has 0 radical (unpaired) electrons. The summed E-state index contributed by atoms with van der Waals surface area (Å²) in [6.07, 6.45) is 0.641. The second kappa shape index (κ2) is 4.49. The van der Waals surface area contributed by atoms with Crippen LogP contribution in [0.3, 0.4) is 0 Å². The van der Waals surface area contributed by atoms with Crippen molar-refractivity contribution in [2.45, 2.75) is 12.5 Å². The van der Waals surface area contributed by atoms with Gasteiger partial charge in [0.15, 0.2) is 0 Å². The Kier molecular flexibility index (Phi) is 3.29. The van der Waals surface area contributed by atoms with Gasteiger partial charge in [0.25, 0.3) is 0 Å². The number of benzene rings is 1. The Morgan fingerprint density at radius 2 is 2.36 bits per heavy atom. The molecule has 0 saturated carbocycles. The van der Waals surface area contributed by atoms with Gasteiger partial charge in [0.1, 0.15) is 12.7 Å². The van der Waals surface area contributed by atoms with Gasteiger partial charge in [-0.25, -0.2) is 0 Å². The Morgan fingerprint density at radius 3 is 3.07 bits per heavy atom. The van der Waals surface area contributed by atoms with Crippen LogP contribution >= 0.6 is 24.2 Å². The second-order valence-electron chi connectivity index (χ2n) is 2.99. The van der Waals surface area contributed by atoms with E-state index in [-0.39, 0.29) is 6.10 Å². The molecule has 0 N–H and O–H groups in total. The highest BCUT2D eigenvalue weighted by molar-refractivity contribution is 9.10. The van der Waals surface area contributed by atoms with Crippen molar-refractivity contribution >= 4 is 24.2 Å². The first-order valence-electron chi connectivity index (χ1n) is 4.28. The summed E-state index contributed by atoms with van der Waals surface area (Å²) in [5.74, 6) is 0. The van der Waals surface area contributed by atoms with E-state index in [4.69, 9.17) is 9.05 Å². The van der Waals surface area contributed by atoms with Crippen molar-refractivity contribution in [1.82, 2.24) is 0 Å². The maximum absolute atomic E-state index is 11.0. The fourth-order valence-corrected chi connectivity index (χ4v) is 2.52. The molecule has 0 aliphatic carbocycles. The number of hydrogen-bond donors (Lipinski definition) is 0. The fourth-order valence-electron chi connectivity index (χ4n) is 1.36. The Morgan fingerprint density at radius 1 is 1.50 bits per heavy atom. The van der Waals surface area contributed by atoms with Gasteiger partial charge in [0.2, 0.25) is 0 Å². The zero-order chi connectivity index (χ0) is 9.97. The van der Waals surface area contributed by atoms with Crippen LogP contribution in [-0.4, -0.2) is 6.61 Å². The third-order valence-corrected chi connectivity index (χ3v) is 3.32. The van der Waals surface area contributed by atoms with E-state index in [2.05, 4.69) is 15.9 Å². The molecule has 1 aliphatic rings. The summed E-state index contributed by atoms with van der Waals surface area (Å²) in [7, 11) is -1.93. The minimum absolute atomic E-state index is 0.107. The lowest BCUT2D eigenvalue weighted by Crippen LogP contribution is -2.09. The van der Waals surface area contributed by atoms with Crippen LogP contribution in [0.1, 0.15) is 18.1 Å². The Labute approximate surface area is 91.5 Å². The summed E-state index contributed by atoms with van der Waals surface area (Å²) in [6.45, 7) is 0.492. The molecule has 1 fully saturated rings. The molecule has 5 heteroatoms. The molecule has 74 valence electrons. The zero-order valence-corrected chi connectivity index (χ0v) is 9.83. The molecule has 14 heavy (non-hydrogen) atoms.